The molecule has 162 valence electrons. The van der Waals surface area contributed by atoms with Gasteiger partial charge in [-0.05, 0) is 65.4 Å². The molecule has 0 unspecified atom stereocenters. The molecule has 4 rings (SSSR count). The molecular formula is C24H19FN2O4S. The molecule has 2 N–H and O–H groups in total. The van der Waals surface area contributed by atoms with Crippen LogP contribution in [-0.4, -0.2) is 14.3 Å². The summed E-state index contributed by atoms with van der Waals surface area (Å²) in [6.45, 7) is 1.37. The number of sulfonamides is 1. The predicted molar refractivity (Wildman–Crippen MR) is 122 cm³/mol. The van der Waals surface area contributed by atoms with E-state index in [0.717, 1.165) is 16.8 Å². The van der Waals surface area contributed by atoms with E-state index < -0.39 is 15.8 Å². The molecule has 8 heteroatoms. The molecule has 4 aromatic carbocycles. The number of fused-ring (bicyclic) bond motifs is 1. The van der Waals surface area contributed by atoms with Crippen LogP contribution in [0.4, 0.5) is 15.8 Å². The first kappa shape index (κ1) is 21.3. The number of halogens is 1. The van der Waals surface area contributed by atoms with Crippen molar-refractivity contribution < 1.29 is 22.3 Å². The molecule has 0 aliphatic carbocycles. The first-order valence-corrected chi connectivity index (χ1v) is 11.2. The number of carbonyl (C=O) groups excluding carboxylic acids is 1. The molecule has 6 nitrogen and oxygen atoms in total. The zero-order chi connectivity index (χ0) is 22.7. The smallest absolute Gasteiger partial charge is 0.262 e. The molecule has 0 radical (unpaired) electrons. The van der Waals surface area contributed by atoms with Gasteiger partial charge >= 0.3 is 0 Å². The van der Waals surface area contributed by atoms with Crippen LogP contribution < -0.4 is 14.8 Å². The molecule has 0 heterocycles. The summed E-state index contributed by atoms with van der Waals surface area (Å²) in [7, 11) is -4.02. The van der Waals surface area contributed by atoms with Gasteiger partial charge < -0.3 is 10.1 Å². The van der Waals surface area contributed by atoms with Crippen LogP contribution in [0, 0.1) is 5.82 Å². The van der Waals surface area contributed by atoms with Gasteiger partial charge in [0.25, 0.3) is 10.0 Å². The molecular weight excluding hydrogens is 431 g/mol. The SMILES string of the molecule is CC(=O)Nc1ccc(NS(=O)(=O)c2ccc(Oc3ccc4ccccc4c3)c(F)c2)cc1. The van der Waals surface area contributed by atoms with Crippen molar-refractivity contribution in [1.82, 2.24) is 0 Å². The highest BCUT2D eigenvalue weighted by atomic mass is 32.2. The van der Waals surface area contributed by atoms with Gasteiger partial charge in [0.05, 0.1) is 4.90 Å². The number of hydrogen-bond acceptors (Lipinski definition) is 4. The van der Waals surface area contributed by atoms with Gasteiger partial charge in [0.1, 0.15) is 5.75 Å². The molecule has 1 amide bonds. The summed E-state index contributed by atoms with van der Waals surface area (Å²) in [5.41, 5.74) is 0.803. The third kappa shape index (κ3) is 4.87. The van der Waals surface area contributed by atoms with Crippen LogP contribution in [0.25, 0.3) is 10.8 Å². The Balaban J connectivity index is 1.51. The van der Waals surface area contributed by atoms with E-state index in [9.17, 15) is 17.6 Å². The largest absolute Gasteiger partial charge is 0.454 e. The zero-order valence-electron chi connectivity index (χ0n) is 17.0. The third-order valence-electron chi connectivity index (χ3n) is 4.62. The molecule has 0 saturated heterocycles. The van der Waals surface area contributed by atoms with Crippen molar-refractivity contribution in [2.45, 2.75) is 11.8 Å². The van der Waals surface area contributed by atoms with E-state index >= 15 is 0 Å². The number of rotatable bonds is 6. The lowest BCUT2D eigenvalue weighted by Gasteiger charge is -2.11. The highest BCUT2D eigenvalue weighted by Crippen LogP contribution is 2.29. The average Bonchev–Trinajstić information content (AvgIpc) is 2.76. The van der Waals surface area contributed by atoms with Crippen LogP contribution in [0.1, 0.15) is 6.92 Å². The fourth-order valence-corrected chi connectivity index (χ4v) is 4.20. The number of hydrogen-bond donors (Lipinski definition) is 2. The Morgan fingerprint density at radius 3 is 2.22 bits per heavy atom. The Labute approximate surface area is 184 Å². The normalized spacial score (nSPS) is 11.2. The second kappa shape index (κ2) is 8.68. The van der Waals surface area contributed by atoms with Crippen molar-refractivity contribution in [2.24, 2.45) is 0 Å². The summed E-state index contributed by atoms with van der Waals surface area (Å²) in [4.78, 5) is 10.8. The van der Waals surface area contributed by atoms with Crippen molar-refractivity contribution in [2.75, 3.05) is 10.0 Å². The molecule has 0 aliphatic rings. The Bertz CT molecular complexity index is 1400. The van der Waals surface area contributed by atoms with Crippen molar-refractivity contribution in [3.63, 3.8) is 0 Å². The average molecular weight is 450 g/mol. The monoisotopic (exact) mass is 450 g/mol. The Morgan fingerprint density at radius 2 is 1.53 bits per heavy atom. The summed E-state index contributed by atoms with van der Waals surface area (Å²) < 4.78 is 47.9. The standard InChI is InChI=1S/C24H19FN2O4S/c1-16(28)26-19-7-9-20(10-8-19)27-32(29,30)22-12-13-24(23(25)15-22)31-21-11-6-17-4-2-3-5-18(17)14-21/h2-15,27H,1H3,(H,26,28). The summed E-state index contributed by atoms with van der Waals surface area (Å²) in [5, 5.41) is 4.56. The van der Waals surface area contributed by atoms with Crippen LogP contribution >= 0.6 is 0 Å². The number of anilines is 2. The second-order valence-electron chi connectivity index (χ2n) is 7.07. The van der Waals surface area contributed by atoms with E-state index in [-0.39, 0.29) is 22.2 Å². The molecule has 0 aliphatic heterocycles. The topological polar surface area (TPSA) is 84.5 Å². The zero-order valence-corrected chi connectivity index (χ0v) is 17.8. The Morgan fingerprint density at radius 1 is 0.844 bits per heavy atom. The second-order valence-corrected chi connectivity index (χ2v) is 8.75. The minimum Gasteiger partial charge on any atom is -0.454 e. The molecule has 0 saturated carbocycles. The van der Waals surface area contributed by atoms with E-state index in [4.69, 9.17) is 4.74 Å². The lowest BCUT2D eigenvalue weighted by molar-refractivity contribution is -0.114. The Kier molecular flexibility index (Phi) is 5.79. The van der Waals surface area contributed by atoms with Crippen LogP contribution in [0.5, 0.6) is 11.5 Å². The molecule has 0 fully saturated rings. The quantitative estimate of drug-likeness (QED) is 0.405. The fourth-order valence-electron chi connectivity index (χ4n) is 3.13. The molecule has 0 spiro atoms. The summed E-state index contributed by atoms with van der Waals surface area (Å²) in [6, 6.07) is 22.6. The van der Waals surface area contributed by atoms with Crippen LogP contribution in [-0.2, 0) is 14.8 Å². The Hall–Kier alpha value is -3.91. The molecule has 0 atom stereocenters. The van der Waals surface area contributed by atoms with Crippen LogP contribution in [0.3, 0.4) is 0 Å². The van der Waals surface area contributed by atoms with E-state index in [1.165, 1.54) is 31.2 Å². The van der Waals surface area contributed by atoms with Crippen molar-refractivity contribution >= 4 is 38.1 Å². The van der Waals surface area contributed by atoms with Crippen molar-refractivity contribution in [3.8, 4) is 11.5 Å². The third-order valence-corrected chi connectivity index (χ3v) is 6.00. The summed E-state index contributed by atoms with van der Waals surface area (Å²) in [5.74, 6) is -0.684. The molecule has 0 bridgehead atoms. The van der Waals surface area contributed by atoms with Gasteiger partial charge in [-0.2, -0.15) is 0 Å². The number of amides is 1. The number of nitrogens with one attached hydrogen (secondary N) is 2. The minimum atomic E-state index is -4.02. The number of ether oxygens (including phenoxy) is 1. The van der Waals surface area contributed by atoms with Gasteiger partial charge in [-0.3, -0.25) is 9.52 Å². The predicted octanol–water partition coefficient (Wildman–Crippen LogP) is 5.53. The van der Waals surface area contributed by atoms with Gasteiger partial charge in [0.15, 0.2) is 11.6 Å². The summed E-state index contributed by atoms with van der Waals surface area (Å²) in [6.07, 6.45) is 0. The van der Waals surface area contributed by atoms with E-state index in [1.54, 1.807) is 24.3 Å². The molecule has 0 aromatic heterocycles. The van der Waals surface area contributed by atoms with E-state index in [0.29, 0.717) is 11.4 Å². The van der Waals surface area contributed by atoms with Gasteiger partial charge in [-0.25, -0.2) is 12.8 Å². The van der Waals surface area contributed by atoms with Gasteiger partial charge in [0, 0.05) is 18.3 Å². The maximum Gasteiger partial charge on any atom is 0.262 e. The number of carbonyl (C=O) groups is 1. The highest BCUT2D eigenvalue weighted by molar-refractivity contribution is 7.92. The van der Waals surface area contributed by atoms with Gasteiger partial charge in [-0.1, -0.05) is 30.3 Å². The van der Waals surface area contributed by atoms with Crippen LogP contribution in [0.2, 0.25) is 0 Å². The maximum atomic E-state index is 14.6. The minimum absolute atomic E-state index is 0.0844. The first-order valence-electron chi connectivity index (χ1n) is 9.67. The maximum absolute atomic E-state index is 14.6. The number of benzene rings is 4. The molecule has 32 heavy (non-hydrogen) atoms. The van der Waals surface area contributed by atoms with Crippen molar-refractivity contribution in [1.29, 1.82) is 0 Å². The van der Waals surface area contributed by atoms with E-state index in [2.05, 4.69) is 10.0 Å². The highest BCUT2D eigenvalue weighted by Gasteiger charge is 2.17. The van der Waals surface area contributed by atoms with E-state index in [1.807, 2.05) is 30.3 Å². The van der Waals surface area contributed by atoms with Crippen molar-refractivity contribution in [3.05, 3.63) is 90.7 Å². The van der Waals surface area contributed by atoms with Crippen LogP contribution in [0.15, 0.2) is 89.8 Å². The summed E-state index contributed by atoms with van der Waals surface area (Å²) >= 11 is 0. The lowest BCUT2D eigenvalue weighted by Crippen LogP contribution is -2.13. The lowest BCUT2D eigenvalue weighted by atomic mass is 10.1. The first-order chi connectivity index (χ1) is 15.3. The fraction of sp³-hybridized carbons (Fsp3) is 0.0417. The molecule has 4 aromatic rings. The van der Waals surface area contributed by atoms with Gasteiger partial charge in [-0.15, -0.1) is 0 Å². The van der Waals surface area contributed by atoms with Gasteiger partial charge in [0.2, 0.25) is 5.91 Å².